The van der Waals surface area contributed by atoms with Crippen molar-refractivity contribution in [3.63, 3.8) is 0 Å². The molecule has 0 aliphatic heterocycles. The molecule has 0 aromatic carbocycles. The third kappa shape index (κ3) is 1.12. The third-order valence-corrected chi connectivity index (χ3v) is 2.62. The van der Waals surface area contributed by atoms with Gasteiger partial charge in [-0.05, 0) is 40.4 Å². The maximum Gasteiger partial charge on any atom is 0.169 e. The molecule has 1 aromatic heterocycles. The van der Waals surface area contributed by atoms with Crippen LogP contribution in [0, 0.1) is 0 Å². The molecule has 2 rings (SSSR count). The summed E-state index contributed by atoms with van der Waals surface area (Å²) < 4.78 is 6.30. The van der Waals surface area contributed by atoms with E-state index in [1.807, 2.05) is 6.07 Å². The summed E-state index contributed by atoms with van der Waals surface area (Å²) in [5, 5.41) is 0. The normalized spacial score (nSPS) is 22.2. The molecule has 60 valence electrons. The standard InChI is InChI=1S/C8H10BrNO/c9-7-3-5-1-2-6(4-10)8(5)11-7/h3,6H,1-2,4,10H2. The van der Waals surface area contributed by atoms with Crippen LogP contribution in [0.2, 0.25) is 0 Å². The highest BCUT2D eigenvalue weighted by molar-refractivity contribution is 9.10. The minimum Gasteiger partial charge on any atom is -0.454 e. The van der Waals surface area contributed by atoms with E-state index in [0.29, 0.717) is 12.5 Å². The van der Waals surface area contributed by atoms with Crippen LogP contribution in [0.15, 0.2) is 15.2 Å². The molecule has 1 heterocycles. The molecule has 11 heavy (non-hydrogen) atoms. The van der Waals surface area contributed by atoms with E-state index < -0.39 is 0 Å². The molecule has 1 aliphatic rings. The molecule has 1 unspecified atom stereocenters. The molecule has 2 nitrogen and oxygen atoms in total. The van der Waals surface area contributed by atoms with Gasteiger partial charge >= 0.3 is 0 Å². The average molecular weight is 216 g/mol. The number of halogens is 1. The lowest BCUT2D eigenvalue weighted by molar-refractivity contribution is 0.454. The Bertz CT molecular complexity index is 269. The van der Waals surface area contributed by atoms with Crippen molar-refractivity contribution in [1.82, 2.24) is 0 Å². The highest BCUT2D eigenvalue weighted by Crippen LogP contribution is 2.36. The van der Waals surface area contributed by atoms with Gasteiger partial charge < -0.3 is 10.2 Å². The van der Waals surface area contributed by atoms with Crippen molar-refractivity contribution in [2.24, 2.45) is 5.73 Å². The van der Waals surface area contributed by atoms with Crippen molar-refractivity contribution in [2.45, 2.75) is 18.8 Å². The van der Waals surface area contributed by atoms with E-state index in [4.69, 9.17) is 10.2 Å². The predicted octanol–water partition coefficient (Wildman–Crippen LogP) is 2.03. The molecule has 2 N–H and O–H groups in total. The number of fused-ring (bicyclic) bond motifs is 1. The van der Waals surface area contributed by atoms with Crippen molar-refractivity contribution in [2.75, 3.05) is 6.54 Å². The Morgan fingerprint density at radius 3 is 3.27 bits per heavy atom. The van der Waals surface area contributed by atoms with Crippen LogP contribution >= 0.6 is 15.9 Å². The highest BCUT2D eigenvalue weighted by atomic mass is 79.9. The van der Waals surface area contributed by atoms with Gasteiger partial charge in [0.2, 0.25) is 0 Å². The topological polar surface area (TPSA) is 39.2 Å². The summed E-state index contributed by atoms with van der Waals surface area (Å²) in [7, 11) is 0. The minimum absolute atomic E-state index is 0.455. The van der Waals surface area contributed by atoms with Gasteiger partial charge in [0.25, 0.3) is 0 Å². The molecule has 3 heteroatoms. The fourth-order valence-electron chi connectivity index (χ4n) is 1.63. The molecule has 1 atom stereocenters. The van der Waals surface area contributed by atoms with Crippen molar-refractivity contribution >= 4 is 15.9 Å². The van der Waals surface area contributed by atoms with E-state index in [9.17, 15) is 0 Å². The van der Waals surface area contributed by atoms with Gasteiger partial charge in [0.1, 0.15) is 5.76 Å². The van der Waals surface area contributed by atoms with Gasteiger partial charge in [0.15, 0.2) is 4.67 Å². The number of furan rings is 1. The zero-order chi connectivity index (χ0) is 7.84. The van der Waals surface area contributed by atoms with E-state index in [2.05, 4.69) is 15.9 Å². The Balaban J connectivity index is 2.37. The summed E-state index contributed by atoms with van der Waals surface area (Å²) in [6.45, 7) is 0.701. The largest absolute Gasteiger partial charge is 0.454 e. The minimum atomic E-state index is 0.455. The van der Waals surface area contributed by atoms with E-state index in [1.54, 1.807) is 0 Å². The van der Waals surface area contributed by atoms with Gasteiger partial charge in [-0.15, -0.1) is 0 Å². The molecule has 0 saturated carbocycles. The van der Waals surface area contributed by atoms with Crippen LogP contribution in [0.1, 0.15) is 23.7 Å². The number of nitrogens with two attached hydrogens (primary N) is 1. The first-order chi connectivity index (χ1) is 5.31. The van der Waals surface area contributed by atoms with Crippen LogP contribution in [-0.2, 0) is 6.42 Å². The fourth-order valence-corrected chi connectivity index (χ4v) is 2.09. The Kier molecular flexibility index (Phi) is 1.77. The monoisotopic (exact) mass is 215 g/mol. The van der Waals surface area contributed by atoms with E-state index >= 15 is 0 Å². The second-order valence-electron chi connectivity index (χ2n) is 2.91. The molecular formula is C8H10BrNO. The molecule has 1 aromatic rings. The van der Waals surface area contributed by atoms with E-state index in [-0.39, 0.29) is 0 Å². The maximum atomic E-state index is 5.58. The quantitative estimate of drug-likeness (QED) is 0.779. The van der Waals surface area contributed by atoms with Gasteiger partial charge in [-0.2, -0.15) is 0 Å². The van der Waals surface area contributed by atoms with Gasteiger partial charge in [-0.3, -0.25) is 0 Å². The van der Waals surface area contributed by atoms with Crippen LogP contribution in [-0.4, -0.2) is 6.54 Å². The maximum absolute atomic E-state index is 5.58. The number of aryl methyl sites for hydroxylation is 1. The highest BCUT2D eigenvalue weighted by Gasteiger charge is 2.25. The summed E-state index contributed by atoms with van der Waals surface area (Å²) >= 11 is 3.31. The molecule has 0 bridgehead atoms. The van der Waals surface area contributed by atoms with Gasteiger partial charge in [-0.25, -0.2) is 0 Å². The van der Waals surface area contributed by atoms with Crippen molar-refractivity contribution in [3.8, 4) is 0 Å². The summed E-state index contributed by atoms with van der Waals surface area (Å²) in [6, 6.07) is 2.05. The van der Waals surface area contributed by atoms with E-state index in [1.165, 1.54) is 5.56 Å². The zero-order valence-corrected chi connectivity index (χ0v) is 7.73. The molecule has 0 amide bonds. The van der Waals surface area contributed by atoms with Gasteiger partial charge in [0, 0.05) is 12.5 Å². The molecule has 0 spiro atoms. The lowest BCUT2D eigenvalue weighted by Gasteiger charge is -2.02. The van der Waals surface area contributed by atoms with Crippen molar-refractivity contribution in [3.05, 3.63) is 22.1 Å². The van der Waals surface area contributed by atoms with Crippen LogP contribution in [0.4, 0.5) is 0 Å². The molecule has 1 aliphatic carbocycles. The van der Waals surface area contributed by atoms with Crippen molar-refractivity contribution in [1.29, 1.82) is 0 Å². The lowest BCUT2D eigenvalue weighted by Crippen LogP contribution is -2.08. The summed E-state index contributed by atoms with van der Waals surface area (Å²) in [4.78, 5) is 0. The molecule has 0 fully saturated rings. The van der Waals surface area contributed by atoms with Crippen LogP contribution in [0.3, 0.4) is 0 Å². The first-order valence-corrected chi connectivity index (χ1v) is 4.58. The van der Waals surface area contributed by atoms with Crippen molar-refractivity contribution < 1.29 is 4.42 Å². The smallest absolute Gasteiger partial charge is 0.169 e. The van der Waals surface area contributed by atoms with Crippen LogP contribution < -0.4 is 5.73 Å². The Hall–Kier alpha value is -0.280. The first-order valence-electron chi connectivity index (χ1n) is 3.79. The average Bonchev–Trinajstić information content (AvgIpc) is 2.45. The lowest BCUT2D eigenvalue weighted by atomic mass is 10.1. The zero-order valence-electron chi connectivity index (χ0n) is 6.14. The molecular weight excluding hydrogens is 206 g/mol. The number of rotatable bonds is 1. The first kappa shape index (κ1) is 7.37. The SMILES string of the molecule is NCC1CCc2cc(Br)oc21. The number of hydrogen-bond acceptors (Lipinski definition) is 2. The number of hydrogen-bond donors (Lipinski definition) is 1. The molecule has 0 saturated heterocycles. The predicted molar refractivity (Wildman–Crippen MR) is 46.5 cm³/mol. The second-order valence-corrected chi connectivity index (χ2v) is 3.69. The second kappa shape index (κ2) is 2.64. The fraction of sp³-hybridized carbons (Fsp3) is 0.500. The Morgan fingerprint density at radius 2 is 2.55 bits per heavy atom. The van der Waals surface area contributed by atoms with E-state index in [0.717, 1.165) is 23.3 Å². The third-order valence-electron chi connectivity index (χ3n) is 2.23. The Labute approximate surface area is 73.9 Å². The summed E-state index contributed by atoms with van der Waals surface area (Å²) in [5.41, 5.74) is 6.91. The van der Waals surface area contributed by atoms with Gasteiger partial charge in [-0.1, -0.05) is 0 Å². The van der Waals surface area contributed by atoms with Crippen LogP contribution in [0.5, 0.6) is 0 Å². The van der Waals surface area contributed by atoms with Gasteiger partial charge in [0.05, 0.1) is 0 Å². The summed E-state index contributed by atoms with van der Waals surface area (Å²) in [5.74, 6) is 1.55. The molecule has 0 radical (unpaired) electrons. The Morgan fingerprint density at radius 1 is 1.73 bits per heavy atom. The van der Waals surface area contributed by atoms with Crippen LogP contribution in [0.25, 0.3) is 0 Å². The summed E-state index contributed by atoms with van der Waals surface area (Å²) in [6.07, 6.45) is 2.27.